The maximum absolute atomic E-state index is 5.32. The molecule has 0 bridgehead atoms. The van der Waals surface area contributed by atoms with E-state index in [4.69, 9.17) is 10.5 Å². The van der Waals surface area contributed by atoms with Crippen LogP contribution in [0.1, 0.15) is 13.3 Å². The maximum Gasteiger partial charge on any atom is 0.0556 e. The summed E-state index contributed by atoms with van der Waals surface area (Å²) in [4.78, 5) is 0. The standard InChI is InChI=1S/C7H17NOS/c1-2-9-5-7-10-6-3-4-8/h2-8H2,1H3. The van der Waals surface area contributed by atoms with Gasteiger partial charge in [-0.25, -0.2) is 0 Å². The molecular formula is C7H17NOS. The van der Waals surface area contributed by atoms with Gasteiger partial charge in [0.1, 0.15) is 0 Å². The first-order chi connectivity index (χ1) is 4.91. The highest BCUT2D eigenvalue weighted by molar-refractivity contribution is 7.99. The van der Waals surface area contributed by atoms with Gasteiger partial charge in [0, 0.05) is 12.4 Å². The summed E-state index contributed by atoms with van der Waals surface area (Å²) in [5.74, 6) is 2.28. The van der Waals surface area contributed by atoms with Gasteiger partial charge in [-0.2, -0.15) is 11.8 Å². The van der Waals surface area contributed by atoms with Crippen molar-refractivity contribution in [1.29, 1.82) is 0 Å². The van der Waals surface area contributed by atoms with Gasteiger partial charge in [0.15, 0.2) is 0 Å². The van der Waals surface area contributed by atoms with Crippen LogP contribution in [0.5, 0.6) is 0 Å². The second-order valence-electron chi connectivity index (χ2n) is 1.95. The molecule has 0 heterocycles. The number of ether oxygens (including phenoxy) is 1. The average Bonchev–Trinajstić information content (AvgIpc) is 1.97. The molecule has 3 heteroatoms. The van der Waals surface area contributed by atoms with Gasteiger partial charge < -0.3 is 10.5 Å². The van der Waals surface area contributed by atoms with E-state index in [1.807, 2.05) is 18.7 Å². The first-order valence-corrected chi connectivity index (χ1v) is 4.92. The van der Waals surface area contributed by atoms with E-state index < -0.39 is 0 Å². The number of hydrogen-bond donors (Lipinski definition) is 1. The zero-order chi connectivity index (χ0) is 7.66. The Morgan fingerprint density at radius 2 is 2.20 bits per heavy atom. The van der Waals surface area contributed by atoms with E-state index in [2.05, 4.69) is 0 Å². The summed E-state index contributed by atoms with van der Waals surface area (Å²) < 4.78 is 5.16. The monoisotopic (exact) mass is 163 g/mol. The molecule has 10 heavy (non-hydrogen) atoms. The van der Waals surface area contributed by atoms with E-state index >= 15 is 0 Å². The van der Waals surface area contributed by atoms with Crippen molar-refractivity contribution in [3.05, 3.63) is 0 Å². The molecule has 0 aliphatic heterocycles. The molecule has 0 aromatic heterocycles. The smallest absolute Gasteiger partial charge is 0.0556 e. The lowest BCUT2D eigenvalue weighted by molar-refractivity contribution is 0.164. The first kappa shape index (κ1) is 10.3. The molecule has 2 nitrogen and oxygen atoms in total. The average molecular weight is 163 g/mol. The Balaban J connectivity index is 2.65. The van der Waals surface area contributed by atoms with Crippen LogP contribution in [0.25, 0.3) is 0 Å². The molecule has 0 unspecified atom stereocenters. The second kappa shape index (κ2) is 9.27. The van der Waals surface area contributed by atoms with E-state index in [1.54, 1.807) is 0 Å². The first-order valence-electron chi connectivity index (χ1n) is 3.77. The highest BCUT2D eigenvalue weighted by Crippen LogP contribution is 2.00. The van der Waals surface area contributed by atoms with Crippen molar-refractivity contribution in [3.63, 3.8) is 0 Å². The second-order valence-corrected chi connectivity index (χ2v) is 3.18. The number of hydrogen-bond acceptors (Lipinski definition) is 3. The van der Waals surface area contributed by atoms with Gasteiger partial charge in [-0.15, -0.1) is 0 Å². The van der Waals surface area contributed by atoms with Crippen molar-refractivity contribution >= 4 is 11.8 Å². The summed E-state index contributed by atoms with van der Waals surface area (Å²) in [6, 6.07) is 0. The SMILES string of the molecule is CCOCCSCCCN. The van der Waals surface area contributed by atoms with Crippen molar-refractivity contribution in [2.75, 3.05) is 31.3 Å². The van der Waals surface area contributed by atoms with Gasteiger partial charge in [-0.05, 0) is 25.6 Å². The molecule has 0 saturated heterocycles. The molecule has 0 saturated carbocycles. The third-order valence-electron chi connectivity index (χ3n) is 1.07. The molecule has 0 radical (unpaired) electrons. The van der Waals surface area contributed by atoms with Crippen LogP contribution in [0.3, 0.4) is 0 Å². The largest absolute Gasteiger partial charge is 0.381 e. The molecule has 0 spiro atoms. The van der Waals surface area contributed by atoms with Crippen molar-refractivity contribution in [2.24, 2.45) is 5.73 Å². The zero-order valence-electron chi connectivity index (χ0n) is 6.64. The molecule has 0 rings (SSSR count). The van der Waals surface area contributed by atoms with Crippen LogP contribution in [-0.2, 0) is 4.74 Å². The minimum absolute atomic E-state index is 0.807. The highest BCUT2D eigenvalue weighted by atomic mass is 32.2. The molecule has 0 aromatic rings. The Kier molecular flexibility index (Phi) is 9.52. The van der Waals surface area contributed by atoms with Crippen molar-refractivity contribution in [3.8, 4) is 0 Å². The van der Waals surface area contributed by atoms with Crippen LogP contribution >= 0.6 is 11.8 Å². The van der Waals surface area contributed by atoms with E-state index in [0.29, 0.717) is 0 Å². The summed E-state index contributed by atoms with van der Waals surface area (Å²) in [5.41, 5.74) is 5.32. The lowest BCUT2D eigenvalue weighted by Crippen LogP contribution is -2.01. The predicted molar refractivity (Wildman–Crippen MR) is 47.5 cm³/mol. The van der Waals surface area contributed by atoms with Crippen LogP contribution in [0, 0.1) is 0 Å². The van der Waals surface area contributed by atoms with Crippen LogP contribution < -0.4 is 5.73 Å². The minimum Gasteiger partial charge on any atom is -0.381 e. The third kappa shape index (κ3) is 8.27. The topological polar surface area (TPSA) is 35.2 Å². The fraction of sp³-hybridized carbons (Fsp3) is 1.00. The van der Waals surface area contributed by atoms with E-state index in [0.717, 1.165) is 31.9 Å². The van der Waals surface area contributed by atoms with Crippen LogP contribution in [0.4, 0.5) is 0 Å². The molecule has 0 aliphatic rings. The summed E-state index contributed by atoms with van der Waals surface area (Å²) in [6.07, 6.45) is 1.12. The normalized spacial score (nSPS) is 10.2. The Hall–Kier alpha value is 0.270. The predicted octanol–water partition coefficient (Wildman–Crippen LogP) is 1.10. The molecular weight excluding hydrogens is 146 g/mol. The van der Waals surface area contributed by atoms with Crippen LogP contribution in [0.15, 0.2) is 0 Å². The van der Waals surface area contributed by atoms with Gasteiger partial charge in [-0.1, -0.05) is 0 Å². The molecule has 0 amide bonds. The summed E-state index contributed by atoms with van der Waals surface area (Å²) in [6.45, 7) is 4.54. The van der Waals surface area contributed by atoms with Crippen molar-refractivity contribution in [1.82, 2.24) is 0 Å². The quantitative estimate of drug-likeness (QED) is 0.571. The molecule has 0 atom stereocenters. The molecule has 0 fully saturated rings. The lowest BCUT2D eigenvalue weighted by atomic mass is 10.5. The van der Waals surface area contributed by atoms with Gasteiger partial charge in [0.25, 0.3) is 0 Å². The Bertz CT molecular complexity index is 53.6. The van der Waals surface area contributed by atoms with Crippen LogP contribution in [-0.4, -0.2) is 31.3 Å². The molecule has 0 aliphatic carbocycles. The Labute approximate surface area is 67.5 Å². The molecule has 0 aromatic carbocycles. The van der Waals surface area contributed by atoms with Gasteiger partial charge >= 0.3 is 0 Å². The lowest BCUT2D eigenvalue weighted by Gasteiger charge is -1.99. The number of thioether (sulfide) groups is 1. The molecule has 62 valence electrons. The van der Waals surface area contributed by atoms with E-state index in [-0.39, 0.29) is 0 Å². The van der Waals surface area contributed by atoms with E-state index in [9.17, 15) is 0 Å². The Morgan fingerprint density at radius 1 is 1.40 bits per heavy atom. The highest BCUT2D eigenvalue weighted by Gasteiger charge is 1.87. The molecule has 2 N–H and O–H groups in total. The van der Waals surface area contributed by atoms with Gasteiger partial charge in [0.05, 0.1) is 6.61 Å². The van der Waals surface area contributed by atoms with Gasteiger partial charge in [0.2, 0.25) is 0 Å². The zero-order valence-corrected chi connectivity index (χ0v) is 7.45. The summed E-state index contributed by atoms with van der Waals surface area (Å²) in [7, 11) is 0. The maximum atomic E-state index is 5.32. The Morgan fingerprint density at radius 3 is 2.80 bits per heavy atom. The minimum atomic E-state index is 0.807. The number of rotatable bonds is 7. The van der Waals surface area contributed by atoms with E-state index in [1.165, 1.54) is 5.75 Å². The fourth-order valence-corrected chi connectivity index (χ4v) is 1.36. The third-order valence-corrected chi connectivity index (χ3v) is 2.10. The van der Waals surface area contributed by atoms with Crippen molar-refractivity contribution < 1.29 is 4.74 Å². The van der Waals surface area contributed by atoms with Crippen LogP contribution in [0.2, 0.25) is 0 Å². The van der Waals surface area contributed by atoms with Crippen molar-refractivity contribution in [2.45, 2.75) is 13.3 Å². The number of nitrogens with two attached hydrogens (primary N) is 1. The fourth-order valence-electron chi connectivity index (χ4n) is 0.550. The summed E-state index contributed by atoms with van der Waals surface area (Å²) >= 11 is 1.91. The van der Waals surface area contributed by atoms with Gasteiger partial charge in [-0.3, -0.25) is 0 Å². The summed E-state index contributed by atoms with van der Waals surface area (Å²) in [5, 5.41) is 0.